The van der Waals surface area contributed by atoms with Gasteiger partial charge in [-0.05, 0) is 30.7 Å². The van der Waals surface area contributed by atoms with E-state index in [0.717, 1.165) is 30.9 Å². The molecule has 0 unspecified atom stereocenters. The van der Waals surface area contributed by atoms with Crippen LogP contribution in [0, 0.1) is 5.92 Å². The molecule has 138 valence electrons. The molecule has 0 aliphatic carbocycles. The summed E-state index contributed by atoms with van der Waals surface area (Å²) in [6.45, 7) is 5.86. The molecule has 8 heteroatoms. The summed E-state index contributed by atoms with van der Waals surface area (Å²) in [5, 5.41) is 6.55. The highest BCUT2D eigenvalue weighted by molar-refractivity contribution is 14.0. The van der Waals surface area contributed by atoms with E-state index in [-0.39, 0.29) is 28.9 Å². The first kappa shape index (κ1) is 23.1. The van der Waals surface area contributed by atoms with Gasteiger partial charge < -0.3 is 10.6 Å². The second-order valence-electron chi connectivity index (χ2n) is 5.34. The quantitative estimate of drug-likeness (QED) is 0.311. The van der Waals surface area contributed by atoms with Crippen molar-refractivity contribution < 1.29 is 8.42 Å². The number of nitrogens with zero attached hydrogens (tertiary/aromatic N) is 1. The normalized spacial score (nSPS) is 12.0. The van der Waals surface area contributed by atoms with Gasteiger partial charge in [0.2, 0.25) is 10.0 Å². The number of hydrogen-bond donors (Lipinski definition) is 3. The highest BCUT2D eigenvalue weighted by Crippen LogP contribution is 2.10. The predicted molar refractivity (Wildman–Crippen MR) is 110 cm³/mol. The Kier molecular flexibility index (Phi) is 11.2. The minimum atomic E-state index is -3.38. The van der Waals surface area contributed by atoms with E-state index in [1.165, 1.54) is 7.05 Å². The van der Waals surface area contributed by atoms with Gasteiger partial charge in [0.1, 0.15) is 0 Å². The van der Waals surface area contributed by atoms with Crippen LogP contribution in [0.15, 0.2) is 34.2 Å². The van der Waals surface area contributed by atoms with E-state index in [4.69, 9.17) is 0 Å². The van der Waals surface area contributed by atoms with Crippen LogP contribution in [0.4, 0.5) is 0 Å². The molecular formula is C16H29IN4O2S. The lowest BCUT2D eigenvalue weighted by Crippen LogP contribution is -2.39. The van der Waals surface area contributed by atoms with E-state index in [9.17, 15) is 8.42 Å². The van der Waals surface area contributed by atoms with Crippen LogP contribution in [0.1, 0.15) is 32.3 Å². The van der Waals surface area contributed by atoms with Crippen LogP contribution < -0.4 is 15.4 Å². The van der Waals surface area contributed by atoms with Crippen molar-refractivity contribution in [3.8, 4) is 0 Å². The Morgan fingerprint density at radius 3 is 2.17 bits per heavy atom. The number of guanidine groups is 1. The molecule has 0 aromatic heterocycles. The van der Waals surface area contributed by atoms with Crippen molar-refractivity contribution in [2.45, 2.75) is 38.1 Å². The second kappa shape index (κ2) is 11.6. The van der Waals surface area contributed by atoms with Gasteiger partial charge in [-0.15, -0.1) is 24.0 Å². The van der Waals surface area contributed by atoms with Crippen LogP contribution in [-0.4, -0.2) is 35.0 Å². The van der Waals surface area contributed by atoms with Crippen LogP contribution in [0.2, 0.25) is 0 Å². The Balaban J connectivity index is 0.00000529. The van der Waals surface area contributed by atoms with E-state index in [2.05, 4.69) is 34.2 Å². The summed E-state index contributed by atoms with van der Waals surface area (Å²) < 4.78 is 25.7. The molecule has 0 radical (unpaired) electrons. The molecule has 3 N–H and O–H groups in total. The number of benzene rings is 1. The van der Waals surface area contributed by atoms with Crippen LogP contribution in [-0.2, 0) is 16.6 Å². The lowest BCUT2D eigenvalue weighted by atomic mass is 10.0. The first-order valence-electron chi connectivity index (χ1n) is 7.93. The Hall–Kier alpha value is -0.870. The molecule has 0 heterocycles. The minimum Gasteiger partial charge on any atom is -0.356 e. The molecule has 0 aliphatic rings. The van der Waals surface area contributed by atoms with Gasteiger partial charge in [-0.1, -0.05) is 38.8 Å². The van der Waals surface area contributed by atoms with Crippen molar-refractivity contribution in [3.05, 3.63) is 29.8 Å². The van der Waals surface area contributed by atoms with Gasteiger partial charge in [-0.25, -0.2) is 13.1 Å². The van der Waals surface area contributed by atoms with E-state index in [0.29, 0.717) is 12.5 Å². The molecule has 0 atom stereocenters. The molecule has 6 nitrogen and oxygen atoms in total. The van der Waals surface area contributed by atoms with Crippen molar-refractivity contribution in [2.24, 2.45) is 10.9 Å². The Morgan fingerprint density at radius 1 is 1.12 bits per heavy atom. The number of nitrogens with one attached hydrogen (secondary N) is 3. The summed E-state index contributed by atoms with van der Waals surface area (Å²) in [5.41, 5.74) is 0.991. The maximum absolute atomic E-state index is 11.7. The summed E-state index contributed by atoms with van der Waals surface area (Å²) >= 11 is 0. The first-order chi connectivity index (χ1) is 11.0. The summed E-state index contributed by atoms with van der Waals surface area (Å²) in [5.74, 6) is 1.39. The van der Waals surface area contributed by atoms with Crippen LogP contribution >= 0.6 is 24.0 Å². The number of sulfonamides is 1. The fourth-order valence-electron chi connectivity index (χ4n) is 2.13. The largest absolute Gasteiger partial charge is 0.356 e. The molecule has 0 fully saturated rings. The molecule has 0 saturated carbocycles. The maximum atomic E-state index is 11.7. The molecule has 0 saturated heterocycles. The average molecular weight is 468 g/mol. The summed E-state index contributed by atoms with van der Waals surface area (Å²) in [6.07, 6.45) is 2.28. The smallest absolute Gasteiger partial charge is 0.240 e. The molecule has 0 bridgehead atoms. The topological polar surface area (TPSA) is 82.6 Å². The SMILES string of the molecule is CCC(CC)CNC(=NC)NCc1ccc(S(=O)(=O)NC)cc1.I. The zero-order valence-corrected chi connectivity index (χ0v) is 17.9. The minimum absolute atomic E-state index is 0. The van der Waals surface area contributed by atoms with Crippen molar-refractivity contribution >= 4 is 40.0 Å². The van der Waals surface area contributed by atoms with Crippen molar-refractivity contribution in [1.29, 1.82) is 0 Å². The highest BCUT2D eigenvalue weighted by Gasteiger charge is 2.10. The summed E-state index contributed by atoms with van der Waals surface area (Å²) in [7, 11) is -0.237. The van der Waals surface area contributed by atoms with E-state index < -0.39 is 10.0 Å². The summed E-state index contributed by atoms with van der Waals surface area (Å²) in [4.78, 5) is 4.47. The molecule has 1 rings (SSSR count). The van der Waals surface area contributed by atoms with Gasteiger partial charge in [0.05, 0.1) is 4.90 Å². The number of halogens is 1. The lowest BCUT2D eigenvalue weighted by molar-refractivity contribution is 0.481. The Bertz CT molecular complexity index is 599. The average Bonchev–Trinajstić information content (AvgIpc) is 2.58. The second-order valence-corrected chi connectivity index (χ2v) is 7.23. The molecule has 0 amide bonds. The molecule has 0 spiro atoms. The van der Waals surface area contributed by atoms with Crippen LogP contribution in [0.3, 0.4) is 0 Å². The van der Waals surface area contributed by atoms with Gasteiger partial charge in [0, 0.05) is 20.1 Å². The van der Waals surface area contributed by atoms with Gasteiger partial charge in [-0.2, -0.15) is 0 Å². The predicted octanol–water partition coefficient (Wildman–Crippen LogP) is 2.31. The monoisotopic (exact) mass is 468 g/mol. The molecule has 1 aromatic carbocycles. The van der Waals surface area contributed by atoms with Gasteiger partial charge in [0.25, 0.3) is 0 Å². The fourth-order valence-corrected chi connectivity index (χ4v) is 2.86. The third-order valence-corrected chi connectivity index (χ3v) is 5.33. The maximum Gasteiger partial charge on any atom is 0.240 e. The standard InChI is InChI=1S/C16H28N4O2S.HI/c1-5-13(6-2)11-19-16(17-3)20-12-14-7-9-15(10-8-14)23(21,22)18-4;/h7-10,13,18H,5-6,11-12H2,1-4H3,(H2,17,19,20);1H. The molecular weight excluding hydrogens is 439 g/mol. The van der Waals surface area contributed by atoms with E-state index in [1.807, 2.05) is 0 Å². The van der Waals surface area contributed by atoms with Gasteiger partial charge in [0.15, 0.2) is 5.96 Å². The lowest BCUT2D eigenvalue weighted by Gasteiger charge is -2.16. The van der Waals surface area contributed by atoms with Gasteiger partial charge in [-0.3, -0.25) is 4.99 Å². The van der Waals surface area contributed by atoms with Gasteiger partial charge >= 0.3 is 0 Å². The number of hydrogen-bond acceptors (Lipinski definition) is 3. The van der Waals surface area contributed by atoms with Crippen LogP contribution in [0.25, 0.3) is 0 Å². The fraction of sp³-hybridized carbons (Fsp3) is 0.562. The van der Waals surface area contributed by atoms with E-state index >= 15 is 0 Å². The third kappa shape index (κ3) is 7.35. The van der Waals surface area contributed by atoms with E-state index in [1.54, 1.807) is 31.3 Å². The zero-order valence-electron chi connectivity index (χ0n) is 14.8. The number of rotatable bonds is 8. The van der Waals surface area contributed by atoms with Crippen LogP contribution in [0.5, 0.6) is 0 Å². The van der Waals surface area contributed by atoms with Crippen molar-refractivity contribution in [2.75, 3.05) is 20.6 Å². The zero-order chi connectivity index (χ0) is 17.3. The third-order valence-electron chi connectivity index (χ3n) is 3.90. The molecule has 1 aromatic rings. The number of aliphatic imine (C=N–C) groups is 1. The Labute approximate surface area is 163 Å². The van der Waals surface area contributed by atoms with Crippen molar-refractivity contribution in [3.63, 3.8) is 0 Å². The molecule has 24 heavy (non-hydrogen) atoms. The summed E-state index contributed by atoms with van der Waals surface area (Å²) in [6, 6.07) is 6.79. The van der Waals surface area contributed by atoms with Crippen molar-refractivity contribution in [1.82, 2.24) is 15.4 Å². The molecule has 0 aliphatic heterocycles. The first-order valence-corrected chi connectivity index (χ1v) is 9.42. The highest BCUT2D eigenvalue weighted by atomic mass is 127. The Morgan fingerprint density at radius 2 is 1.71 bits per heavy atom.